The summed E-state index contributed by atoms with van der Waals surface area (Å²) in [4.78, 5) is 2.19. The summed E-state index contributed by atoms with van der Waals surface area (Å²) in [6.07, 6.45) is 1.87. The molecule has 0 aliphatic carbocycles. The summed E-state index contributed by atoms with van der Waals surface area (Å²) in [6, 6.07) is 0.349. The number of hydrazone groups is 1. The monoisotopic (exact) mass is 183 g/mol. The molecule has 74 valence electrons. The third-order valence-corrected chi connectivity index (χ3v) is 2.30. The van der Waals surface area contributed by atoms with Gasteiger partial charge in [0.05, 0.1) is 25.7 Å². The van der Waals surface area contributed by atoms with Gasteiger partial charge in [-0.2, -0.15) is 5.10 Å². The van der Waals surface area contributed by atoms with Crippen LogP contribution in [0.25, 0.3) is 0 Å². The summed E-state index contributed by atoms with van der Waals surface area (Å²) in [7, 11) is 1.71. The summed E-state index contributed by atoms with van der Waals surface area (Å²) in [5.74, 6) is 0. The van der Waals surface area contributed by atoms with Gasteiger partial charge in [-0.25, -0.2) is 0 Å². The van der Waals surface area contributed by atoms with Crippen LogP contribution in [0.1, 0.15) is 0 Å². The average molecular weight is 183 g/mol. The first-order chi connectivity index (χ1) is 6.31. The molecule has 4 nitrogen and oxygen atoms in total. The predicted octanol–water partition coefficient (Wildman–Crippen LogP) is 0.378. The van der Waals surface area contributed by atoms with Crippen LogP contribution in [0.4, 0.5) is 0 Å². The van der Waals surface area contributed by atoms with Crippen LogP contribution in [0.5, 0.6) is 0 Å². The molecule has 1 rings (SSSR count). The fourth-order valence-electron chi connectivity index (χ4n) is 1.56. The lowest BCUT2D eigenvalue weighted by molar-refractivity contribution is 0.0539. The van der Waals surface area contributed by atoms with Crippen LogP contribution in [0.3, 0.4) is 0 Å². The van der Waals surface area contributed by atoms with Crippen molar-refractivity contribution in [3.05, 3.63) is 12.8 Å². The highest BCUT2D eigenvalue weighted by Crippen LogP contribution is 2.10. The Morgan fingerprint density at radius 2 is 2.38 bits per heavy atom. The molecular formula is C9H17N3O. The minimum atomic E-state index is 0.349. The number of hydrogen-bond donors (Lipinski definition) is 0. The zero-order valence-electron chi connectivity index (χ0n) is 8.15. The molecule has 1 saturated heterocycles. The number of nitrogens with zero attached hydrogens (tertiary/aromatic N) is 3. The van der Waals surface area contributed by atoms with Crippen molar-refractivity contribution in [1.29, 1.82) is 0 Å². The minimum absolute atomic E-state index is 0.349. The van der Waals surface area contributed by atoms with E-state index in [-0.39, 0.29) is 0 Å². The first-order valence-electron chi connectivity index (χ1n) is 4.40. The van der Waals surface area contributed by atoms with Gasteiger partial charge >= 0.3 is 0 Å². The molecule has 0 aromatic carbocycles. The van der Waals surface area contributed by atoms with Gasteiger partial charge in [-0.05, 0) is 6.20 Å². The van der Waals surface area contributed by atoms with Crippen LogP contribution in [-0.4, -0.2) is 56.0 Å². The van der Waals surface area contributed by atoms with Crippen molar-refractivity contribution in [2.24, 2.45) is 5.10 Å². The lowest BCUT2D eigenvalue weighted by Gasteiger charge is -2.39. The molecule has 0 amide bonds. The van der Waals surface area contributed by atoms with Crippen LogP contribution >= 0.6 is 0 Å². The Bertz CT molecular complexity index is 184. The Morgan fingerprint density at radius 3 is 2.92 bits per heavy atom. The third-order valence-electron chi connectivity index (χ3n) is 2.30. The summed E-state index contributed by atoms with van der Waals surface area (Å²) < 4.78 is 5.13. The molecule has 1 fully saturated rings. The molecule has 0 N–H and O–H groups in total. The molecule has 1 atom stereocenters. The van der Waals surface area contributed by atoms with E-state index in [0.29, 0.717) is 12.6 Å². The molecule has 1 aliphatic heterocycles. The maximum Gasteiger partial charge on any atom is 0.0710 e. The maximum absolute atomic E-state index is 5.13. The van der Waals surface area contributed by atoms with Crippen molar-refractivity contribution in [3.63, 3.8) is 0 Å². The standard InChI is InChI=1S/C9H17N3O/c1-4-11-5-6-12(10-2)7-9(11)8-13-3/h4,9H,1-2,5-8H2,3H3. The highest BCUT2D eigenvalue weighted by atomic mass is 16.5. The first-order valence-corrected chi connectivity index (χ1v) is 4.40. The van der Waals surface area contributed by atoms with Gasteiger partial charge in [-0.3, -0.25) is 5.01 Å². The Kier molecular flexibility index (Phi) is 3.76. The Morgan fingerprint density at radius 1 is 1.62 bits per heavy atom. The molecule has 0 spiro atoms. The van der Waals surface area contributed by atoms with Gasteiger partial charge in [0.1, 0.15) is 0 Å². The van der Waals surface area contributed by atoms with Gasteiger partial charge < -0.3 is 9.64 Å². The highest BCUT2D eigenvalue weighted by molar-refractivity contribution is 5.22. The smallest absolute Gasteiger partial charge is 0.0710 e. The van der Waals surface area contributed by atoms with E-state index in [2.05, 4.69) is 23.3 Å². The fourth-order valence-corrected chi connectivity index (χ4v) is 1.56. The van der Waals surface area contributed by atoms with E-state index in [1.807, 2.05) is 11.2 Å². The highest BCUT2D eigenvalue weighted by Gasteiger charge is 2.23. The molecule has 0 bridgehead atoms. The number of hydrogen-bond acceptors (Lipinski definition) is 4. The molecule has 1 aliphatic rings. The number of piperazine rings is 1. The number of ether oxygens (including phenoxy) is 1. The van der Waals surface area contributed by atoms with Crippen LogP contribution in [0.2, 0.25) is 0 Å². The van der Waals surface area contributed by atoms with Gasteiger partial charge in [-0.1, -0.05) is 6.58 Å². The topological polar surface area (TPSA) is 28.1 Å². The van der Waals surface area contributed by atoms with Crippen molar-refractivity contribution in [2.45, 2.75) is 6.04 Å². The first kappa shape index (κ1) is 10.1. The molecule has 0 radical (unpaired) electrons. The quantitative estimate of drug-likeness (QED) is 0.590. The van der Waals surface area contributed by atoms with Crippen LogP contribution in [-0.2, 0) is 4.74 Å². The van der Waals surface area contributed by atoms with Gasteiger partial charge in [0.25, 0.3) is 0 Å². The van der Waals surface area contributed by atoms with E-state index in [0.717, 1.165) is 19.6 Å². The molecule has 4 heteroatoms. The van der Waals surface area contributed by atoms with Gasteiger partial charge in [0, 0.05) is 20.4 Å². The van der Waals surface area contributed by atoms with E-state index in [1.54, 1.807) is 7.11 Å². The summed E-state index contributed by atoms with van der Waals surface area (Å²) in [5.41, 5.74) is 0. The average Bonchev–Trinajstić information content (AvgIpc) is 2.18. The number of methoxy groups -OCH3 is 1. The van der Waals surface area contributed by atoms with E-state index in [1.165, 1.54) is 0 Å². The van der Waals surface area contributed by atoms with Crippen LogP contribution in [0.15, 0.2) is 17.9 Å². The third kappa shape index (κ3) is 2.45. The second-order valence-electron chi connectivity index (χ2n) is 3.08. The Balaban J connectivity index is 2.51. The van der Waals surface area contributed by atoms with Crippen molar-refractivity contribution < 1.29 is 4.74 Å². The van der Waals surface area contributed by atoms with Gasteiger partial charge in [0.2, 0.25) is 0 Å². The second kappa shape index (κ2) is 4.87. The molecule has 1 heterocycles. The van der Waals surface area contributed by atoms with Crippen molar-refractivity contribution in [1.82, 2.24) is 9.91 Å². The molecule has 1 unspecified atom stereocenters. The minimum Gasteiger partial charge on any atom is -0.382 e. The largest absolute Gasteiger partial charge is 0.382 e. The Labute approximate surface area is 79.5 Å². The summed E-state index contributed by atoms with van der Waals surface area (Å²) >= 11 is 0. The lowest BCUT2D eigenvalue weighted by atomic mass is 10.2. The van der Waals surface area contributed by atoms with Crippen molar-refractivity contribution >= 4 is 6.72 Å². The predicted molar refractivity (Wildman–Crippen MR) is 53.7 cm³/mol. The lowest BCUT2D eigenvalue weighted by Crippen LogP contribution is -2.50. The zero-order valence-corrected chi connectivity index (χ0v) is 8.15. The van der Waals surface area contributed by atoms with Crippen molar-refractivity contribution in [3.8, 4) is 0 Å². The van der Waals surface area contributed by atoms with E-state index in [9.17, 15) is 0 Å². The van der Waals surface area contributed by atoms with Crippen LogP contribution < -0.4 is 0 Å². The second-order valence-corrected chi connectivity index (χ2v) is 3.08. The number of rotatable bonds is 4. The molecular weight excluding hydrogens is 166 g/mol. The SMILES string of the molecule is C=CN1CCN(N=C)CC1COC. The van der Waals surface area contributed by atoms with E-state index >= 15 is 0 Å². The van der Waals surface area contributed by atoms with Gasteiger partial charge in [0.15, 0.2) is 0 Å². The molecule has 13 heavy (non-hydrogen) atoms. The normalized spacial score (nSPS) is 23.0. The molecule has 0 aromatic heterocycles. The van der Waals surface area contributed by atoms with E-state index < -0.39 is 0 Å². The summed E-state index contributed by atoms with van der Waals surface area (Å²) in [5, 5.41) is 5.88. The maximum atomic E-state index is 5.13. The zero-order chi connectivity index (χ0) is 9.68. The summed E-state index contributed by atoms with van der Waals surface area (Å²) in [6.45, 7) is 10.7. The molecule has 0 aromatic rings. The fraction of sp³-hybridized carbons (Fsp3) is 0.667. The molecule has 0 saturated carbocycles. The van der Waals surface area contributed by atoms with Gasteiger partial charge in [-0.15, -0.1) is 0 Å². The van der Waals surface area contributed by atoms with E-state index in [4.69, 9.17) is 4.74 Å². The Hall–Kier alpha value is -1.03. The van der Waals surface area contributed by atoms with Crippen LogP contribution in [0, 0.1) is 0 Å². The van der Waals surface area contributed by atoms with Crippen molar-refractivity contribution in [2.75, 3.05) is 33.4 Å².